The van der Waals surface area contributed by atoms with E-state index in [9.17, 15) is 0 Å². The minimum Gasteiger partial charge on any atom is -0.314 e. The van der Waals surface area contributed by atoms with E-state index < -0.39 is 0 Å². The van der Waals surface area contributed by atoms with Crippen LogP contribution >= 0.6 is 0 Å². The first-order valence-electron chi connectivity index (χ1n) is 18.7. The lowest BCUT2D eigenvalue weighted by Crippen LogP contribution is -2.21. The van der Waals surface area contributed by atoms with Crippen LogP contribution in [0.3, 0.4) is 0 Å². The summed E-state index contributed by atoms with van der Waals surface area (Å²) < 4.78 is 0. The zero-order valence-electron chi connectivity index (χ0n) is 29.5. The van der Waals surface area contributed by atoms with E-state index in [1.807, 2.05) is 0 Å². The van der Waals surface area contributed by atoms with E-state index >= 15 is 0 Å². The van der Waals surface area contributed by atoms with Crippen molar-refractivity contribution >= 4 is 45.3 Å². The molecule has 6 aromatic rings. The van der Waals surface area contributed by atoms with Crippen molar-refractivity contribution in [3.05, 3.63) is 181 Å². The van der Waals surface area contributed by atoms with Gasteiger partial charge in [0.25, 0.3) is 0 Å². The maximum atomic E-state index is 2.58. The summed E-state index contributed by atoms with van der Waals surface area (Å²) in [4.78, 5) is 4.95. The van der Waals surface area contributed by atoms with Crippen LogP contribution in [-0.2, 0) is 0 Å². The van der Waals surface area contributed by atoms with Crippen molar-refractivity contribution in [3.8, 4) is 11.1 Å². The third kappa shape index (κ3) is 5.89. The van der Waals surface area contributed by atoms with Gasteiger partial charge in [-0.3, -0.25) is 0 Å². The lowest BCUT2D eigenvalue weighted by Gasteiger charge is -2.32. The summed E-state index contributed by atoms with van der Waals surface area (Å²) in [6, 6.07) is 51.1. The molecule has 0 radical (unpaired) electrons. The van der Waals surface area contributed by atoms with Crippen LogP contribution in [0.4, 0.5) is 28.4 Å². The topological polar surface area (TPSA) is 6.48 Å². The summed E-state index contributed by atoms with van der Waals surface area (Å²) in [6.45, 7) is 4.25. The number of hydrogen-bond acceptors (Lipinski definition) is 2. The highest BCUT2D eigenvalue weighted by Gasteiger charge is 2.45. The third-order valence-electron chi connectivity index (χ3n) is 10.8. The zero-order valence-corrected chi connectivity index (χ0v) is 29.5. The molecule has 4 aliphatic carbocycles. The summed E-state index contributed by atoms with van der Waals surface area (Å²) in [7, 11) is 0. The van der Waals surface area contributed by atoms with Crippen LogP contribution < -0.4 is 9.80 Å². The Bertz CT molecular complexity index is 2270. The number of benzene rings is 6. The lowest BCUT2D eigenvalue weighted by molar-refractivity contribution is 0.864. The summed E-state index contributed by atoms with van der Waals surface area (Å²) in [5.41, 5.74) is 12.9. The molecule has 6 aromatic carbocycles. The number of para-hydroxylation sites is 1. The third-order valence-corrected chi connectivity index (χ3v) is 10.8. The van der Waals surface area contributed by atoms with Gasteiger partial charge in [0.1, 0.15) is 0 Å². The summed E-state index contributed by atoms with van der Waals surface area (Å²) in [6.07, 6.45) is 15.6. The summed E-state index contributed by atoms with van der Waals surface area (Å²) in [5.74, 6) is 2.66. The first-order chi connectivity index (χ1) is 25.2. The van der Waals surface area contributed by atoms with Crippen molar-refractivity contribution in [2.45, 2.75) is 39.0 Å². The van der Waals surface area contributed by atoms with E-state index in [1.165, 1.54) is 75.0 Å². The minimum atomic E-state index is 0.613. The molecule has 0 saturated heterocycles. The Hall–Kier alpha value is -5.60. The first-order valence-corrected chi connectivity index (χ1v) is 18.7. The molecular weight excluding hydrogens is 617 g/mol. The van der Waals surface area contributed by atoms with Crippen LogP contribution in [0.2, 0.25) is 0 Å². The number of allylic oxidation sites excluding steroid dienone is 5. The summed E-state index contributed by atoms with van der Waals surface area (Å²) >= 11 is 0. The normalized spacial score (nSPS) is 20.2. The van der Waals surface area contributed by atoms with E-state index in [-0.39, 0.29) is 0 Å². The Morgan fingerprint density at radius 1 is 0.529 bits per heavy atom. The van der Waals surface area contributed by atoms with Crippen molar-refractivity contribution in [1.29, 1.82) is 0 Å². The monoisotopic (exact) mass is 660 g/mol. The molecule has 2 nitrogen and oxygen atoms in total. The van der Waals surface area contributed by atoms with Crippen LogP contribution in [0.1, 0.15) is 50.2 Å². The second-order valence-electron chi connectivity index (χ2n) is 14.4. The van der Waals surface area contributed by atoms with Gasteiger partial charge in [0, 0.05) is 39.8 Å². The Balaban J connectivity index is 0.00000112. The second kappa shape index (κ2) is 13.3. The molecule has 0 spiro atoms. The van der Waals surface area contributed by atoms with Crippen LogP contribution in [0.15, 0.2) is 170 Å². The molecule has 0 aliphatic heterocycles. The Kier molecular flexibility index (Phi) is 8.16. The standard InChI is InChI=1S/C46H36N2.C3H8/c1-2-13-37(14-3-1)47(43-16-6-10-33-9-4-5-15-40(33)43)38-25-21-31(22-26-38)32-23-27-39(28-24-32)48(44-17-8-12-35-29-41(35)44)45-18-7-11-34-19-20-36-30-42(36)46(34)45;1-3-2/h1-28,35-36,41-42H,29-30H2;3H2,1-2H3. The van der Waals surface area contributed by atoms with Gasteiger partial charge in [-0.05, 0) is 113 Å². The van der Waals surface area contributed by atoms with Crippen LogP contribution in [0.25, 0.3) is 28.0 Å². The molecule has 0 amide bonds. The maximum Gasteiger partial charge on any atom is 0.0540 e. The molecule has 2 fully saturated rings. The Morgan fingerprint density at radius 2 is 1.12 bits per heavy atom. The van der Waals surface area contributed by atoms with Crippen LogP contribution in [0, 0.1) is 17.8 Å². The van der Waals surface area contributed by atoms with Gasteiger partial charge in [0.2, 0.25) is 0 Å². The van der Waals surface area contributed by atoms with E-state index in [2.05, 4.69) is 194 Å². The highest BCUT2D eigenvalue weighted by atomic mass is 15.2. The molecule has 0 heterocycles. The van der Waals surface area contributed by atoms with Crippen molar-refractivity contribution in [2.75, 3.05) is 9.80 Å². The molecule has 0 aromatic heterocycles. The molecule has 4 aliphatic rings. The Morgan fingerprint density at radius 3 is 1.88 bits per heavy atom. The molecule has 51 heavy (non-hydrogen) atoms. The number of hydrogen-bond donors (Lipinski definition) is 0. The highest BCUT2D eigenvalue weighted by molar-refractivity contribution is 5.99. The minimum absolute atomic E-state index is 0.613. The molecule has 2 heteroatoms. The van der Waals surface area contributed by atoms with Crippen LogP contribution in [0.5, 0.6) is 0 Å². The number of nitrogens with zero attached hydrogens (tertiary/aromatic N) is 2. The molecule has 4 unspecified atom stereocenters. The number of fused-ring (bicyclic) bond motifs is 5. The van der Waals surface area contributed by atoms with Gasteiger partial charge in [-0.2, -0.15) is 0 Å². The van der Waals surface area contributed by atoms with E-state index in [0.29, 0.717) is 23.7 Å². The molecule has 250 valence electrons. The fraction of sp³-hybridized carbons (Fsp3) is 0.184. The van der Waals surface area contributed by atoms with Gasteiger partial charge in [0.15, 0.2) is 0 Å². The summed E-state index contributed by atoms with van der Waals surface area (Å²) in [5, 5.41) is 2.48. The highest BCUT2D eigenvalue weighted by Crippen LogP contribution is 2.58. The SMILES string of the molecule is C1=CC2CC2C(N(c2ccc(-c3ccc(N(c4ccccc4)c4cccc5ccccc45)cc3)cc2)c2cccc3c2C2CC2C=C3)=C1.CCC. The van der Waals surface area contributed by atoms with E-state index in [1.54, 1.807) is 0 Å². The van der Waals surface area contributed by atoms with E-state index in [4.69, 9.17) is 0 Å². The lowest BCUT2D eigenvalue weighted by atomic mass is 9.93. The Labute approximate surface area is 302 Å². The number of rotatable bonds is 7. The predicted molar refractivity (Wildman–Crippen MR) is 217 cm³/mol. The van der Waals surface area contributed by atoms with Crippen LogP contribution in [-0.4, -0.2) is 0 Å². The fourth-order valence-electron chi connectivity index (χ4n) is 8.17. The average Bonchev–Trinajstić information content (AvgIpc) is 4.12. The fourth-order valence-corrected chi connectivity index (χ4v) is 8.17. The van der Waals surface area contributed by atoms with Crippen molar-refractivity contribution in [2.24, 2.45) is 17.8 Å². The van der Waals surface area contributed by atoms with Gasteiger partial charge in [-0.1, -0.05) is 136 Å². The smallest absolute Gasteiger partial charge is 0.0540 e. The van der Waals surface area contributed by atoms with E-state index in [0.717, 1.165) is 11.4 Å². The quantitative estimate of drug-likeness (QED) is 0.168. The molecule has 0 bridgehead atoms. The first kappa shape index (κ1) is 31.4. The van der Waals surface area contributed by atoms with Crippen molar-refractivity contribution in [3.63, 3.8) is 0 Å². The van der Waals surface area contributed by atoms with Gasteiger partial charge >= 0.3 is 0 Å². The maximum absolute atomic E-state index is 2.58. The van der Waals surface area contributed by atoms with Gasteiger partial charge in [0.05, 0.1) is 5.69 Å². The molecule has 4 atom stereocenters. The second-order valence-corrected chi connectivity index (χ2v) is 14.4. The largest absolute Gasteiger partial charge is 0.314 e. The van der Waals surface area contributed by atoms with Crippen molar-refractivity contribution in [1.82, 2.24) is 0 Å². The molecule has 0 N–H and O–H groups in total. The zero-order chi connectivity index (χ0) is 34.3. The van der Waals surface area contributed by atoms with Crippen molar-refractivity contribution < 1.29 is 0 Å². The molecular formula is C49H44N2. The van der Waals surface area contributed by atoms with Gasteiger partial charge in [-0.25, -0.2) is 0 Å². The van der Waals surface area contributed by atoms with Gasteiger partial charge < -0.3 is 9.80 Å². The number of anilines is 5. The predicted octanol–water partition coefficient (Wildman–Crippen LogP) is 13.8. The average molecular weight is 661 g/mol. The molecule has 2 saturated carbocycles. The molecule has 10 rings (SSSR count). The van der Waals surface area contributed by atoms with Gasteiger partial charge in [-0.15, -0.1) is 0 Å².